The van der Waals surface area contributed by atoms with E-state index in [1.54, 1.807) is 0 Å². The number of likely N-dealkylation sites (N-methyl/N-ethyl adjacent to an activating group) is 1. The molecule has 0 bridgehead atoms. The van der Waals surface area contributed by atoms with Gasteiger partial charge < -0.3 is 10.3 Å². The maximum Gasteiger partial charge on any atom is 0.150 e. The molecule has 0 saturated heterocycles. The molecule has 2 aromatic rings. The lowest BCUT2D eigenvalue weighted by Gasteiger charge is -1.98. The van der Waals surface area contributed by atoms with Crippen LogP contribution in [-0.4, -0.2) is 23.6 Å². The number of hydrogen-bond donors (Lipinski definition) is 2. The van der Waals surface area contributed by atoms with Gasteiger partial charge in [0.15, 0.2) is 5.15 Å². The van der Waals surface area contributed by atoms with Crippen LogP contribution in [0, 0.1) is 0 Å². The van der Waals surface area contributed by atoms with E-state index < -0.39 is 0 Å². The summed E-state index contributed by atoms with van der Waals surface area (Å²) in [6.45, 7) is 0.877. The van der Waals surface area contributed by atoms with Crippen LogP contribution in [0.1, 0.15) is 5.69 Å². The van der Waals surface area contributed by atoms with E-state index in [4.69, 9.17) is 11.6 Å². The van der Waals surface area contributed by atoms with Gasteiger partial charge in [0.25, 0.3) is 0 Å². The molecule has 0 fully saturated rings. The summed E-state index contributed by atoms with van der Waals surface area (Å²) in [5.41, 5.74) is 2.00. The Kier molecular flexibility index (Phi) is 4.20. The normalized spacial score (nSPS) is 10.8. The van der Waals surface area contributed by atoms with Crippen LogP contribution in [0.5, 0.6) is 0 Å². The lowest BCUT2D eigenvalue weighted by molar-refractivity contribution is 0.780. The van der Waals surface area contributed by atoms with Crippen LogP contribution in [0.15, 0.2) is 28.7 Å². The van der Waals surface area contributed by atoms with Gasteiger partial charge in [-0.25, -0.2) is 4.98 Å². The summed E-state index contributed by atoms with van der Waals surface area (Å²) in [6, 6.07) is 7.97. The molecule has 1 aromatic heterocycles. The molecule has 0 radical (unpaired) electrons. The van der Waals surface area contributed by atoms with E-state index in [1.165, 1.54) is 0 Å². The van der Waals surface area contributed by atoms with Gasteiger partial charge in [0.05, 0.1) is 5.69 Å². The fourth-order valence-corrected chi connectivity index (χ4v) is 2.04. The van der Waals surface area contributed by atoms with Crippen molar-refractivity contribution >= 4 is 27.5 Å². The molecule has 0 atom stereocenters. The Morgan fingerprint density at radius 2 is 2.06 bits per heavy atom. The topological polar surface area (TPSA) is 40.7 Å². The smallest absolute Gasteiger partial charge is 0.150 e. The summed E-state index contributed by atoms with van der Waals surface area (Å²) >= 11 is 9.49. The predicted molar refractivity (Wildman–Crippen MR) is 74.4 cm³/mol. The van der Waals surface area contributed by atoms with Crippen molar-refractivity contribution in [1.82, 2.24) is 15.3 Å². The largest absolute Gasteiger partial charge is 0.341 e. The number of benzene rings is 1. The highest BCUT2D eigenvalue weighted by Gasteiger charge is 2.09. The molecule has 0 saturated carbocycles. The van der Waals surface area contributed by atoms with Crippen molar-refractivity contribution in [2.45, 2.75) is 6.42 Å². The van der Waals surface area contributed by atoms with E-state index in [2.05, 4.69) is 31.2 Å². The summed E-state index contributed by atoms with van der Waals surface area (Å²) in [7, 11) is 1.92. The standard InChI is InChI=1S/C12H13BrClN3/c1-15-7-6-10-11(14)17-12(16-10)8-2-4-9(13)5-3-8/h2-5,15H,6-7H2,1H3,(H,16,17). The monoisotopic (exact) mass is 313 g/mol. The van der Waals surface area contributed by atoms with Gasteiger partial charge in [-0.1, -0.05) is 39.7 Å². The average molecular weight is 315 g/mol. The number of H-pyrrole nitrogens is 1. The first kappa shape index (κ1) is 12.6. The third-order valence-corrected chi connectivity index (χ3v) is 3.31. The van der Waals surface area contributed by atoms with Crippen LogP contribution < -0.4 is 5.32 Å². The number of nitrogens with one attached hydrogen (secondary N) is 2. The van der Waals surface area contributed by atoms with Crippen molar-refractivity contribution in [1.29, 1.82) is 0 Å². The number of nitrogens with zero attached hydrogens (tertiary/aromatic N) is 1. The van der Waals surface area contributed by atoms with Crippen LogP contribution in [0.3, 0.4) is 0 Å². The summed E-state index contributed by atoms with van der Waals surface area (Å²) in [5.74, 6) is 0.814. The lowest BCUT2D eigenvalue weighted by atomic mass is 10.2. The van der Waals surface area contributed by atoms with E-state index in [-0.39, 0.29) is 0 Å². The van der Waals surface area contributed by atoms with E-state index in [0.29, 0.717) is 5.15 Å². The zero-order valence-electron chi connectivity index (χ0n) is 9.43. The number of aromatic nitrogens is 2. The third kappa shape index (κ3) is 3.09. The zero-order valence-corrected chi connectivity index (χ0v) is 11.8. The number of aromatic amines is 1. The highest BCUT2D eigenvalue weighted by Crippen LogP contribution is 2.23. The van der Waals surface area contributed by atoms with Gasteiger partial charge in [-0.2, -0.15) is 0 Å². The van der Waals surface area contributed by atoms with Crippen molar-refractivity contribution in [3.63, 3.8) is 0 Å². The van der Waals surface area contributed by atoms with Gasteiger partial charge >= 0.3 is 0 Å². The molecule has 1 heterocycles. The van der Waals surface area contributed by atoms with Gasteiger partial charge in [0.2, 0.25) is 0 Å². The number of imidazole rings is 1. The maximum absolute atomic E-state index is 6.08. The molecule has 2 N–H and O–H groups in total. The second-order valence-electron chi connectivity index (χ2n) is 3.72. The molecule has 0 aliphatic heterocycles. The van der Waals surface area contributed by atoms with Gasteiger partial charge in [0, 0.05) is 23.0 Å². The molecule has 5 heteroatoms. The molecule has 0 aliphatic carbocycles. The van der Waals surface area contributed by atoms with Crippen LogP contribution in [-0.2, 0) is 6.42 Å². The third-order valence-electron chi connectivity index (χ3n) is 2.47. The second-order valence-corrected chi connectivity index (χ2v) is 4.99. The second kappa shape index (κ2) is 5.67. The molecule has 0 spiro atoms. The van der Waals surface area contributed by atoms with Crippen molar-refractivity contribution in [3.05, 3.63) is 39.6 Å². The lowest BCUT2D eigenvalue weighted by Crippen LogP contribution is -2.10. The van der Waals surface area contributed by atoms with E-state index in [9.17, 15) is 0 Å². The van der Waals surface area contributed by atoms with Crippen LogP contribution >= 0.6 is 27.5 Å². The van der Waals surface area contributed by atoms with Crippen LogP contribution in [0.25, 0.3) is 11.4 Å². The van der Waals surface area contributed by atoms with E-state index in [1.807, 2.05) is 31.3 Å². The Bertz CT molecular complexity index is 493. The highest BCUT2D eigenvalue weighted by molar-refractivity contribution is 9.10. The Balaban J connectivity index is 2.24. The van der Waals surface area contributed by atoms with Crippen molar-refractivity contribution in [2.24, 2.45) is 0 Å². The predicted octanol–water partition coefficient (Wildman–Crippen LogP) is 3.25. The van der Waals surface area contributed by atoms with Crippen molar-refractivity contribution in [2.75, 3.05) is 13.6 Å². The fourth-order valence-electron chi connectivity index (χ4n) is 1.55. The van der Waals surface area contributed by atoms with Crippen LogP contribution in [0.2, 0.25) is 5.15 Å². The molecule has 0 unspecified atom stereocenters. The molecular formula is C12H13BrClN3. The molecule has 0 aliphatic rings. The highest BCUT2D eigenvalue weighted by atomic mass is 79.9. The van der Waals surface area contributed by atoms with Gasteiger partial charge in [-0.05, 0) is 19.2 Å². The van der Waals surface area contributed by atoms with Gasteiger partial charge in [-0.3, -0.25) is 0 Å². The minimum atomic E-state index is 0.554. The van der Waals surface area contributed by atoms with Crippen molar-refractivity contribution < 1.29 is 0 Å². The van der Waals surface area contributed by atoms with Crippen LogP contribution in [0.4, 0.5) is 0 Å². The number of halogens is 2. The van der Waals surface area contributed by atoms with E-state index >= 15 is 0 Å². The van der Waals surface area contributed by atoms with Gasteiger partial charge in [0.1, 0.15) is 5.82 Å². The minimum Gasteiger partial charge on any atom is -0.341 e. The summed E-state index contributed by atoms with van der Waals surface area (Å²) < 4.78 is 1.05. The van der Waals surface area contributed by atoms with Crippen molar-refractivity contribution in [3.8, 4) is 11.4 Å². The zero-order chi connectivity index (χ0) is 12.3. The first-order valence-electron chi connectivity index (χ1n) is 5.35. The molecular weight excluding hydrogens is 302 g/mol. The Morgan fingerprint density at radius 1 is 1.35 bits per heavy atom. The summed E-state index contributed by atoms with van der Waals surface area (Å²) in [4.78, 5) is 7.58. The maximum atomic E-state index is 6.08. The SMILES string of the molecule is CNCCc1[nH]c(-c2ccc(Br)cc2)nc1Cl. The molecule has 3 nitrogen and oxygen atoms in total. The fraction of sp³-hybridized carbons (Fsp3) is 0.250. The minimum absolute atomic E-state index is 0.554. The Morgan fingerprint density at radius 3 is 2.71 bits per heavy atom. The summed E-state index contributed by atoms with van der Waals surface area (Å²) in [6.07, 6.45) is 0.846. The molecule has 90 valence electrons. The first-order chi connectivity index (χ1) is 8.20. The average Bonchev–Trinajstić information content (AvgIpc) is 2.69. The first-order valence-corrected chi connectivity index (χ1v) is 6.52. The molecule has 0 amide bonds. The Labute approximate surface area is 114 Å². The quantitative estimate of drug-likeness (QED) is 0.909. The molecule has 17 heavy (non-hydrogen) atoms. The van der Waals surface area contributed by atoms with E-state index in [0.717, 1.165) is 34.5 Å². The summed E-state index contributed by atoms with van der Waals surface area (Å²) in [5, 5.41) is 3.64. The van der Waals surface area contributed by atoms with Gasteiger partial charge in [-0.15, -0.1) is 0 Å². The number of hydrogen-bond acceptors (Lipinski definition) is 2. The molecule has 1 aromatic carbocycles. The Hall–Kier alpha value is -0.840. The number of rotatable bonds is 4. The molecule has 2 rings (SSSR count).